The Kier molecular flexibility index (Phi) is 7.35. The molecule has 1 saturated heterocycles. The van der Waals surface area contributed by atoms with Crippen LogP contribution < -0.4 is 25.4 Å². The standard InChI is InChI=1S/C32H35F2N7O3/c1-15(2)24-28(25(16(3)4)37-14-36-24)41-30-18(11-20(34)26(38-30)23-19(33)9-8-10-22(23)44-7)27-29(32(41)43)39(6)31(42)21-12-35-17(5)13-40(21)27/h8-11,14-17,21,35H,12-13H2,1-7H3/t17-,21-/m1/s1. The number of carbonyl (C=O) groups is 1. The third-order valence-corrected chi connectivity index (χ3v) is 8.43. The maximum Gasteiger partial charge on any atom is 0.283 e. The van der Waals surface area contributed by atoms with Crippen molar-refractivity contribution >= 4 is 28.3 Å². The largest absolute Gasteiger partial charge is 0.496 e. The number of carbonyl (C=O) groups excluding carboxylic acids is 1. The highest BCUT2D eigenvalue weighted by atomic mass is 19.1. The summed E-state index contributed by atoms with van der Waals surface area (Å²) < 4.78 is 38.4. The molecule has 2 aliphatic rings. The summed E-state index contributed by atoms with van der Waals surface area (Å²) in [6.45, 7) is 10.5. The number of ether oxygens (including phenoxy) is 1. The van der Waals surface area contributed by atoms with Crippen LogP contribution in [0.3, 0.4) is 0 Å². The molecule has 6 rings (SSSR count). The lowest BCUT2D eigenvalue weighted by atomic mass is 9.98. The monoisotopic (exact) mass is 603 g/mol. The van der Waals surface area contributed by atoms with Crippen molar-refractivity contribution in [1.82, 2.24) is 24.8 Å². The van der Waals surface area contributed by atoms with Crippen LogP contribution in [-0.4, -0.2) is 64.8 Å². The van der Waals surface area contributed by atoms with E-state index in [0.717, 1.165) is 0 Å². The minimum atomic E-state index is -0.801. The second-order valence-corrected chi connectivity index (χ2v) is 12.0. The van der Waals surface area contributed by atoms with Crippen molar-refractivity contribution in [3.05, 3.63) is 64.0 Å². The molecule has 1 N–H and O–H groups in total. The van der Waals surface area contributed by atoms with Crippen LogP contribution in [-0.2, 0) is 4.79 Å². The van der Waals surface area contributed by atoms with Crippen LogP contribution in [0.25, 0.3) is 28.0 Å². The summed E-state index contributed by atoms with van der Waals surface area (Å²) in [5.74, 6) is -1.95. The number of nitrogens with zero attached hydrogens (tertiary/aromatic N) is 6. The molecule has 0 saturated carbocycles. The molecular weight excluding hydrogens is 568 g/mol. The van der Waals surface area contributed by atoms with E-state index in [1.54, 1.807) is 7.05 Å². The van der Waals surface area contributed by atoms with Crippen molar-refractivity contribution in [3.63, 3.8) is 0 Å². The van der Waals surface area contributed by atoms with Crippen LogP contribution in [0.4, 0.5) is 20.2 Å². The number of likely N-dealkylation sites (N-methyl/N-ethyl adjacent to an activating group) is 1. The number of piperazine rings is 1. The Morgan fingerprint density at radius 3 is 2.32 bits per heavy atom. The van der Waals surface area contributed by atoms with Crippen LogP contribution in [0.5, 0.6) is 5.75 Å². The molecule has 5 heterocycles. The second kappa shape index (κ2) is 10.9. The van der Waals surface area contributed by atoms with Gasteiger partial charge in [0.1, 0.15) is 35.3 Å². The van der Waals surface area contributed by atoms with Gasteiger partial charge in [0, 0.05) is 31.6 Å². The average Bonchev–Trinajstić information content (AvgIpc) is 2.99. The summed E-state index contributed by atoms with van der Waals surface area (Å²) in [5.41, 5.74) is 1.21. The van der Waals surface area contributed by atoms with Gasteiger partial charge in [-0.25, -0.2) is 23.7 Å². The number of halogens is 2. The SMILES string of the molecule is COc1cccc(F)c1-c1nc2c(cc1F)c1c(c(=O)n2-c2c(C(C)C)ncnc2C(C)C)N(C)C(=O)[C@H]2CN[C@H](C)CN12. The lowest BCUT2D eigenvalue weighted by Gasteiger charge is -2.46. The third kappa shape index (κ3) is 4.42. The van der Waals surface area contributed by atoms with Gasteiger partial charge in [0.25, 0.3) is 11.5 Å². The second-order valence-electron chi connectivity index (χ2n) is 12.0. The predicted molar refractivity (Wildman–Crippen MR) is 165 cm³/mol. The van der Waals surface area contributed by atoms with E-state index in [2.05, 4.69) is 15.3 Å². The van der Waals surface area contributed by atoms with E-state index in [9.17, 15) is 9.59 Å². The maximum atomic E-state index is 16.3. The summed E-state index contributed by atoms with van der Waals surface area (Å²) in [4.78, 5) is 45.6. The first-order valence-corrected chi connectivity index (χ1v) is 14.7. The molecule has 3 aromatic heterocycles. The molecular formula is C32H35F2N7O3. The minimum absolute atomic E-state index is 0.00449. The van der Waals surface area contributed by atoms with Crippen molar-refractivity contribution in [3.8, 4) is 22.7 Å². The molecule has 0 bridgehead atoms. The first-order chi connectivity index (χ1) is 21.0. The predicted octanol–water partition coefficient (Wildman–Crippen LogP) is 4.52. The molecule has 12 heteroatoms. The van der Waals surface area contributed by atoms with Gasteiger partial charge in [0.15, 0.2) is 11.5 Å². The van der Waals surface area contributed by atoms with Gasteiger partial charge in [-0.2, -0.15) is 0 Å². The first-order valence-electron chi connectivity index (χ1n) is 14.7. The maximum absolute atomic E-state index is 16.3. The molecule has 10 nitrogen and oxygen atoms in total. The number of benzene rings is 1. The molecule has 1 aromatic carbocycles. The van der Waals surface area contributed by atoms with Crippen molar-refractivity contribution in [1.29, 1.82) is 0 Å². The Morgan fingerprint density at radius 1 is 1.00 bits per heavy atom. The average molecular weight is 604 g/mol. The van der Waals surface area contributed by atoms with Crippen molar-refractivity contribution in [2.75, 3.05) is 37.0 Å². The Balaban J connectivity index is 1.83. The van der Waals surface area contributed by atoms with Gasteiger partial charge in [0.05, 0.1) is 35.4 Å². The van der Waals surface area contributed by atoms with E-state index in [1.807, 2.05) is 39.5 Å². The Labute approximate surface area is 253 Å². The number of pyridine rings is 2. The highest BCUT2D eigenvalue weighted by molar-refractivity contribution is 6.11. The molecule has 0 unspecified atom stereocenters. The fourth-order valence-electron chi connectivity index (χ4n) is 6.33. The van der Waals surface area contributed by atoms with Gasteiger partial charge in [-0.3, -0.25) is 14.2 Å². The normalized spacial score (nSPS) is 18.3. The number of methoxy groups -OCH3 is 1. The van der Waals surface area contributed by atoms with Gasteiger partial charge in [-0.15, -0.1) is 0 Å². The molecule has 2 aliphatic heterocycles. The topological polar surface area (TPSA) is 105 Å². The molecule has 44 heavy (non-hydrogen) atoms. The summed E-state index contributed by atoms with van der Waals surface area (Å²) in [5, 5.41) is 3.64. The molecule has 2 atom stereocenters. The molecule has 0 spiro atoms. The summed E-state index contributed by atoms with van der Waals surface area (Å²) in [6.07, 6.45) is 1.46. The third-order valence-electron chi connectivity index (χ3n) is 8.43. The fraction of sp³-hybridized carbons (Fsp3) is 0.406. The van der Waals surface area contributed by atoms with Crippen molar-refractivity contribution < 1.29 is 18.3 Å². The number of fused-ring (bicyclic) bond motifs is 5. The van der Waals surface area contributed by atoms with E-state index in [-0.39, 0.29) is 52.1 Å². The number of hydrogen-bond donors (Lipinski definition) is 1. The number of hydrogen-bond acceptors (Lipinski definition) is 8. The Morgan fingerprint density at radius 2 is 1.68 bits per heavy atom. The molecule has 0 radical (unpaired) electrons. The zero-order chi connectivity index (χ0) is 31.6. The first kappa shape index (κ1) is 29.6. The van der Waals surface area contributed by atoms with Gasteiger partial charge in [-0.1, -0.05) is 33.8 Å². The van der Waals surface area contributed by atoms with Crippen LogP contribution in [0.15, 0.2) is 35.4 Å². The van der Waals surface area contributed by atoms with Crippen LogP contribution >= 0.6 is 0 Å². The molecule has 1 fully saturated rings. The number of amides is 1. The van der Waals surface area contributed by atoms with Crippen LogP contribution in [0.2, 0.25) is 0 Å². The van der Waals surface area contributed by atoms with E-state index in [1.165, 1.54) is 47.2 Å². The zero-order valence-electron chi connectivity index (χ0n) is 25.8. The summed E-state index contributed by atoms with van der Waals surface area (Å²) >= 11 is 0. The number of anilines is 2. The lowest BCUT2D eigenvalue weighted by molar-refractivity contribution is -0.120. The quantitative estimate of drug-likeness (QED) is 0.355. The van der Waals surface area contributed by atoms with Crippen molar-refractivity contribution in [2.24, 2.45) is 0 Å². The van der Waals surface area contributed by atoms with Gasteiger partial charge in [0.2, 0.25) is 0 Å². The van der Waals surface area contributed by atoms with Crippen molar-refractivity contribution in [2.45, 2.75) is 58.5 Å². The molecule has 4 aromatic rings. The Bertz CT molecular complexity index is 1850. The van der Waals surface area contributed by atoms with E-state index in [0.29, 0.717) is 41.2 Å². The molecule has 230 valence electrons. The smallest absolute Gasteiger partial charge is 0.283 e. The van der Waals surface area contributed by atoms with E-state index >= 15 is 8.78 Å². The highest BCUT2D eigenvalue weighted by Gasteiger charge is 2.43. The number of nitrogens with one attached hydrogen (secondary N) is 1. The zero-order valence-corrected chi connectivity index (χ0v) is 25.8. The van der Waals surface area contributed by atoms with Gasteiger partial charge < -0.3 is 19.9 Å². The van der Waals surface area contributed by atoms with Crippen LogP contribution in [0.1, 0.15) is 57.8 Å². The van der Waals surface area contributed by atoms with Gasteiger partial charge in [-0.05, 0) is 37.0 Å². The number of aromatic nitrogens is 4. The minimum Gasteiger partial charge on any atom is -0.496 e. The van der Waals surface area contributed by atoms with E-state index in [4.69, 9.17) is 9.72 Å². The Hall–Kier alpha value is -4.45. The summed E-state index contributed by atoms with van der Waals surface area (Å²) in [6, 6.07) is 4.86. The summed E-state index contributed by atoms with van der Waals surface area (Å²) in [7, 11) is 2.93. The molecule has 0 aliphatic carbocycles. The van der Waals surface area contributed by atoms with Gasteiger partial charge >= 0.3 is 0 Å². The highest BCUT2D eigenvalue weighted by Crippen LogP contribution is 2.43. The number of rotatable bonds is 5. The van der Waals surface area contributed by atoms with E-state index < -0.39 is 23.2 Å². The fourth-order valence-corrected chi connectivity index (χ4v) is 6.33. The lowest BCUT2D eigenvalue weighted by Crippen LogP contribution is -2.64. The molecule has 1 amide bonds. The van der Waals surface area contributed by atoms with Crippen LogP contribution in [0, 0.1) is 11.6 Å².